The normalized spacial score (nSPS) is 15.1. The standard InChI is InChI=1S/C6H4N2O/c7-1-5(2-8)6-3-9-4-6/h3-4H2. The van der Waals surface area contributed by atoms with Crippen molar-refractivity contribution >= 4 is 0 Å². The highest BCUT2D eigenvalue weighted by atomic mass is 16.5. The molecule has 0 saturated carbocycles. The van der Waals surface area contributed by atoms with Crippen molar-refractivity contribution in [1.29, 1.82) is 10.5 Å². The van der Waals surface area contributed by atoms with Gasteiger partial charge in [0, 0.05) is 5.57 Å². The van der Waals surface area contributed by atoms with E-state index < -0.39 is 0 Å². The van der Waals surface area contributed by atoms with Crippen LogP contribution in [0.4, 0.5) is 0 Å². The molecule has 0 N–H and O–H groups in total. The molecule has 0 aliphatic carbocycles. The number of allylic oxidation sites excluding steroid dienone is 1. The zero-order valence-electron chi connectivity index (χ0n) is 4.72. The number of nitriles is 2. The van der Waals surface area contributed by atoms with E-state index in [-0.39, 0.29) is 5.57 Å². The van der Waals surface area contributed by atoms with Crippen LogP contribution in [0.5, 0.6) is 0 Å². The van der Waals surface area contributed by atoms with Gasteiger partial charge in [0.05, 0.1) is 13.2 Å². The maximum atomic E-state index is 8.28. The average molecular weight is 120 g/mol. The van der Waals surface area contributed by atoms with Crippen LogP contribution in [0.3, 0.4) is 0 Å². The Bertz CT molecular complexity index is 206. The molecule has 0 radical (unpaired) electrons. The molecule has 0 bridgehead atoms. The second kappa shape index (κ2) is 2.30. The largest absolute Gasteiger partial charge is 0.372 e. The lowest BCUT2D eigenvalue weighted by Gasteiger charge is -2.16. The van der Waals surface area contributed by atoms with E-state index in [1.165, 1.54) is 0 Å². The fourth-order valence-corrected chi connectivity index (χ4v) is 0.532. The first kappa shape index (κ1) is 5.81. The molecule has 0 unspecified atom stereocenters. The Morgan fingerprint density at radius 1 is 1.33 bits per heavy atom. The van der Waals surface area contributed by atoms with Crippen LogP contribution >= 0.6 is 0 Å². The van der Waals surface area contributed by atoms with Crippen molar-refractivity contribution in [3.63, 3.8) is 0 Å². The highest BCUT2D eigenvalue weighted by Gasteiger charge is 2.14. The molecule has 3 nitrogen and oxygen atoms in total. The molecule has 0 atom stereocenters. The van der Waals surface area contributed by atoms with Crippen molar-refractivity contribution in [3.05, 3.63) is 11.1 Å². The number of ether oxygens (including phenoxy) is 1. The number of nitrogens with zero attached hydrogens (tertiary/aromatic N) is 2. The minimum absolute atomic E-state index is 0.209. The molecule has 1 saturated heterocycles. The number of hydrogen-bond donors (Lipinski definition) is 0. The third kappa shape index (κ3) is 0.910. The molecular weight excluding hydrogens is 116 g/mol. The lowest BCUT2D eigenvalue weighted by Crippen LogP contribution is -2.17. The molecule has 0 aromatic rings. The van der Waals surface area contributed by atoms with Crippen LogP contribution in [0.2, 0.25) is 0 Å². The summed E-state index contributed by atoms with van der Waals surface area (Å²) in [6.45, 7) is 0.910. The van der Waals surface area contributed by atoms with Crippen molar-refractivity contribution in [2.75, 3.05) is 13.2 Å². The van der Waals surface area contributed by atoms with E-state index >= 15 is 0 Å². The van der Waals surface area contributed by atoms with Crippen LogP contribution in [0, 0.1) is 22.7 Å². The third-order valence-corrected chi connectivity index (χ3v) is 1.13. The highest BCUT2D eigenvalue weighted by Crippen LogP contribution is 2.12. The van der Waals surface area contributed by atoms with Crippen molar-refractivity contribution in [1.82, 2.24) is 0 Å². The Hall–Kier alpha value is -1.32. The van der Waals surface area contributed by atoms with E-state index in [1.54, 1.807) is 12.1 Å². The summed E-state index contributed by atoms with van der Waals surface area (Å²) < 4.78 is 4.76. The molecule has 1 heterocycles. The molecule has 1 fully saturated rings. The zero-order valence-corrected chi connectivity index (χ0v) is 4.72. The van der Waals surface area contributed by atoms with Crippen LogP contribution in [0.1, 0.15) is 0 Å². The minimum atomic E-state index is 0.209. The highest BCUT2D eigenvalue weighted by molar-refractivity contribution is 5.42. The quantitative estimate of drug-likeness (QED) is 0.433. The molecule has 44 valence electrons. The summed E-state index contributed by atoms with van der Waals surface area (Å²) >= 11 is 0. The first-order valence-corrected chi connectivity index (χ1v) is 2.48. The van der Waals surface area contributed by atoms with Crippen molar-refractivity contribution in [2.24, 2.45) is 0 Å². The summed E-state index contributed by atoms with van der Waals surface area (Å²) in [4.78, 5) is 0. The fourth-order valence-electron chi connectivity index (χ4n) is 0.532. The maximum absolute atomic E-state index is 8.28. The second-order valence-corrected chi connectivity index (χ2v) is 1.69. The average Bonchev–Trinajstić information content (AvgIpc) is 1.78. The van der Waals surface area contributed by atoms with Gasteiger partial charge in [-0.05, 0) is 0 Å². The molecule has 3 heteroatoms. The van der Waals surface area contributed by atoms with Crippen LogP contribution in [-0.4, -0.2) is 13.2 Å². The summed E-state index contributed by atoms with van der Waals surface area (Å²) in [5.41, 5.74) is 1.03. The van der Waals surface area contributed by atoms with Crippen molar-refractivity contribution < 1.29 is 4.74 Å². The van der Waals surface area contributed by atoms with Crippen LogP contribution in [0.25, 0.3) is 0 Å². The lowest BCUT2D eigenvalue weighted by atomic mass is 10.1. The third-order valence-electron chi connectivity index (χ3n) is 1.13. The summed E-state index contributed by atoms with van der Waals surface area (Å²) in [5.74, 6) is 0. The van der Waals surface area contributed by atoms with Gasteiger partial charge in [-0.25, -0.2) is 0 Å². The monoisotopic (exact) mass is 120 g/mol. The predicted molar refractivity (Wildman–Crippen MR) is 29.1 cm³/mol. The Labute approximate surface area is 52.8 Å². The van der Waals surface area contributed by atoms with Gasteiger partial charge >= 0.3 is 0 Å². The van der Waals surface area contributed by atoms with Gasteiger partial charge in [0.15, 0.2) is 0 Å². The van der Waals surface area contributed by atoms with Crippen LogP contribution in [0.15, 0.2) is 11.1 Å². The number of hydrogen-bond acceptors (Lipinski definition) is 3. The van der Waals surface area contributed by atoms with E-state index in [1.807, 2.05) is 0 Å². The van der Waals surface area contributed by atoms with E-state index in [4.69, 9.17) is 15.3 Å². The molecule has 0 amide bonds. The van der Waals surface area contributed by atoms with E-state index in [0.717, 1.165) is 5.57 Å². The molecule has 0 aromatic heterocycles. The molecule has 9 heavy (non-hydrogen) atoms. The first-order valence-electron chi connectivity index (χ1n) is 2.48. The van der Waals surface area contributed by atoms with Crippen molar-refractivity contribution in [3.8, 4) is 12.1 Å². The predicted octanol–water partition coefficient (Wildman–Crippen LogP) is 0.360. The van der Waals surface area contributed by atoms with Crippen LogP contribution in [-0.2, 0) is 4.74 Å². The smallest absolute Gasteiger partial charge is 0.133 e. The topological polar surface area (TPSA) is 56.8 Å². The summed E-state index contributed by atoms with van der Waals surface area (Å²) in [6, 6.07) is 3.58. The molecule has 0 aromatic carbocycles. The van der Waals surface area contributed by atoms with Gasteiger partial charge in [0.1, 0.15) is 17.7 Å². The summed E-state index contributed by atoms with van der Waals surface area (Å²) in [7, 11) is 0. The van der Waals surface area contributed by atoms with Gasteiger partial charge < -0.3 is 4.74 Å². The van der Waals surface area contributed by atoms with Gasteiger partial charge in [-0.15, -0.1) is 0 Å². The molecule has 0 spiro atoms. The Kier molecular flexibility index (Phi) is 1.48. The Morgan fingerprint density at radius 2 is 1.89 bits per heavy atom. The van der Waals surface area contributed by atoms with Gasteiger partial charge in [0.2, 0.25) is 0 Å². The Balaban J connectivity index is 2.80. The zero-order chi connectivity index (χ0) is 6.69. The SMILES string of the molecule is N#CC(C#N)=C1COC1. The molecular formula is C6H4N2O. The fraction of sp³-hybridized carbons (Fsp3) is 0.333. The van der Waals surface area contributed by atoms with E-state index in [9.17, 15) is 0 Å². The van der Waals surface area contributed by atoms with Gasteiger partial charge in [-0.2, -0.15) is 10.5 Å². The maximum Gasteiger partial charge on any atom is 0.133 e. The number of rotatable bonds is 0. The molecule has 1 aliphatic heterocycles. The summed E-state index contributed by atoms with van der Waals surface area (Å²) in [6.07, 6.45) is 0. The minimum Gasteiger partial charge on any atom is -0.372 e. The van der Waals surface area contributed by atoms with Gasteiger partial charge in [-0.1, -0.05) is 0 Å². The molecule has 1 aliphatic rings. The first-order chi connectivity index (χ1) is 4.38. The van der Waals surface area contributed by atoms with E-state index in [0.29, 0.717) is 13.2 Å². The lowest BCUT2D eigenvalue weighted by molar-refractivity contribution is 0.102. The van der Waals surface area contributed by atoms with Gasteiger partial charge in [0.25, 0.3) is 0 Å². The van der Waals surface area contributed by atoms with Crippen LogP contribution < -0.4 is 0 Å². The molecule has 1 rings (SSSR count). The summed E-state index contributed by atoms with van der Waals surface area (Å²) in [5, 5.41) is 16.6. The van der Waals surface area contributed by atoms with E-state index in [2.05, 4.69) is 0 Å². The Morgan fingerprint density at radius 3 is 2.00 bits per heavy atom. The van der Waals surface area contributed by atoms with Crippen molar-refractivity contribution in [2.45, 2.75) is 0 Å². The second-order valence-electron chi connectivity index (χ2n) is 1.69. The van der Waals surface area contributed by atoms with Gasteiger partial charge in [-0.3, -0.25) is 0 Å².